The first-order valence-corrected chi connectivity index (χ1v) is 6.06. The van der Waals surface area contributed by atoms with E-state index in [1.165, 1.54) is 5.56 Å². The molecule has 2 aromatic rings. The van der Waals surface area contributed by atoms with Gasteiger partial charge >= 0.3 is 0 Å². The van der Waals surface area contributed by atoms with Gasteiger partial charge in [0.1, 0.15) is 0 Å². The van der Waals surface area contributed by atoms with E-state index < -0.39 is 0 Å². The SMILES string of the molecule is CN(C)CCCC(N)c1ccc2[c]c[nH]c2c1. The van der Waals surface area contributed by atoms with Crippen LogP contribution in [-0.4, -0.2) is 30.5 Å². The summed E-state index contributed by atoms with van der Waals surface area (Å²) in [6, 6.07) is 9.58. The third kappa shape index (κ3) is 3.08. The lowest BCUT2D eigenvalue weighted by atomic mass is 10.0. The van der Waals surface area contributed by atoms with E-state index in [-0.39, 0.29) is 6.04 Å². The molecule has 1 radical (unpaired) electrons. The van der Waals surface area contributed by atoms with Gasteiger partial charge in [0.25, 0.3) is 0 Å². The molecule has 0 saturated heterocycles. The highest BCUT2D eigenvalue weighted by atomic mass is 15.0. The van der Waals surface area contributed by atoms with Crippen LogP contribution < -0.4 is 5.73 Å². The summed E-state index contributed by atoms with van der Waals surface area (Å²) >= 11 is 0. The summed E-state index contributed by atoms with van der Waals surface area (Å²) in [5.41, 5.74) is 8.52. The van der Waals surface area contributed by atoms with E-state index in [0.717, 1.165) is 30.3 Å². The van der Waals surface area contributed by atoms with Crippen LogP contribution in [0.15, 0.2) is 24.4 Å². The fourth-order valence-corrected chi connectivity index (χ4v) is 2.02. The summed E-state index contributed by atoms with van der Waals surface area (Å²) in [5, 5.41) is 1.12. The van der Waals surface area contributed by atoms with Gasteiger partial charge in [0, 0.05) is 29.2 Å². The zero-order chi connectivity index (χ0) is 12.3. The number of rotatable bonds is 5. The third-order valence-electron chi connectivity index (χ3n) is 3.05. The minimum Gasteiger partial charge on any atom is -0.361 e. The van der Waals surface area contributed by atoms with Crippen LogP contribution in [0.5, 0.6) is 0 Å². The zero-order valence-corrected chi connectivity index (χ0v) is 10.5. The van der Waals surface area contributed by atoms with Gasteiger partial charge < -0.3 is 15.6 Å². The second-order valence-corrected chi connectivity index (χ2v) is 4.79. The fraction of sp³-hybridized carbons (Fsp3) is 0.429. The molecule has 2 rings (SSSR count). The van der Waals surface area contributed by atoms with Gasteiger partial charge in [0.05, 0.1) is 0 Å². The largest absolute Gasteiger partial charge is 0.361 e. The van der Waals surface area contributed by atoms with Crippen LogP contribution in [0.2, 0.25) is 0 Å². The lowest BCUT2D eigenvalue weighted by Gasteiger charge is -2.14. The highest BCUT2D eigenvalue weighted by molar-refractivity contribution is 5.79. The van der Waals surface area contributed by atoms with E-state index in [4.69, 9.17) is 5.73 Å². The Hall–Kier alpha value is -1.32. The molecule has 1 aromatic carbocycles. The van der Waals surface area contributed by atoms with Gasteiger partial charge in [0.2, 0.25) is 0 Å². The first kappa shape index (κ1) is 12.1. The molecule has 1 unspecified atom stereocenters. The maximum absolute atomic E-state index is 6.20. The van der Waals surface area contributed by atoms with Crippen LogP contribution in [0.25, 0.3) is 10.9 Å². The number of fused-ring (bicyclic) bond motifs is 1. The Bertz CT molecular complexity index is 473. The van der Waals surface area contributed by atoms with Crippen molar-refractivity contribution in [2.24, 2.45) is 5.73 Å². The smallest absolute Gasteiger partial charge is 0.0463 e. The highest BCUT2D eigenvalue weighted by Gasteiger charge is 2.07. The van der Waals surface area contributed by atoms with E-state index >= 15 is 0 Å². The average Bonchev–Trinajstić information content (AvgIpc) is 2.75. The van der Waals surface area contributed by atoms with Crippen LogP contribution in [0.3, 0.4) is 0 Å². The second-order valence-electron chi connectivity index (χ2n) is 4.79. The number of hydrogen-bond donors (Lipinski definition) is 2. The summed E-state index contributed by atoms with van der Waals surface area (Å²) in [6.07, 6.45) is 3.99. The molecule has 0 amide bonds. The molecule has 1 aromatic heterocycles. The number of aromatic amines is 1. The number of H-pyrrole nitrogens is 1. The number of benzene rings is 1. The van der Waals surface area contributed by atoms with Crippen molar-refractivity contribution in [1.82, 2.24) is 9.88 Å². The van der Waals surface area contributed by atoms with Crippen molar-refractivity contribution in [3.8, 4) is 0 Å². The summed E-state index contributed by atoms with van der Waals surface area (Å²) < 4.78 is 0. The van der Waals surface area contributed by atoms with Crippen molar-refractivity contribution in [1.29, 1.82) is 0 Å². The Morgan fingerprint density at radius 2 is 2.24 bits per heavy atom. The molecule has 17 heavy (non-hydrogen) atoms. The Morgan fingerprint density at radius 3 is 3.00 bits per heavy atom. The Labute approximate surface area is 103 Å². The molecule has 0 aliphatic heterocycles. The molecule has 1 heterocycles. The van der Waals surface area contributed by atoms with Crippen molar-refractivity contribution in [3.63, 3.8) is 0 Å². The Kier molecular flexibility index (Phi) is 3.82. The molecule has 0 aliphatic rings. The molecule has 0 aliphatic carbocycles. The predicted molar refractivity (Wildman–Crippen MR) is 71.9 cm³/mol. The topological polar surface area (TPSA) is 45.0 Å². The van der Waals surface area contributed by atoms with Crippen LogP contribution in [0.1, 0.15) is 24.4 Å². The highest BCUT2D eigenvalue weighted by Crippen LogP contribution is 2.20. The molecule has 0 bridgehead atoms. The summed E-state index contributed by atoms with van der Waals surface area (Å²) in [6.45, 7) is 1.09. The minimum absolute atomic E-state index is 0.127. The summed E-state index contributed by atoms with van der Waals surface area (Å²) in [4.78, 5) is 5.36. The lowest BCUT2D eigenvalue weighted by molar-refractivity contribution is 0.386. The molecule has 0 fully saturated rings. The molecule has 0 saturated carbocycles. The van der Waals surface area contributed by atoms with Gasteiger partial charge in [-0.3, -0.25) is 0 Å². The van der Waals surface area contributed by atoms with Gasteiger partial charge in [-0.05, 0) is 45.1 Å². The van der Waals surface area contributed by atoms with Crippen LogP contribution in [0, 0.1) is 6.07 Å². The van der Waals surface area contributed by atoms with E-state index in [2.05, 4.69) is 48.2 Å². The predicted octanol–water partition coefficient (Wildman–Crippen LogP) is 2.31. The maximum Gasteiger partial charge on any atom is 0.0463 e. The number of nitrogens with one attached hydrogen (secondary N) is 1. The molecule has 0 spiro atoms. The monoisotopic (exact) mass is 230 g/mol. The molecule has 91 valence electrons. The standard InChI is InChI=1S/C14H20N3/c1-17(2)9-3-4-13(15)12-6-5-11-7-8-16-14(11)10-12/h5-6,8,10,13,16H,3-4,9,15H2,1-2H3. The first-order valence-electron chi connectivity index (χ1n) is 6.06. The van der Waals surface area contributed by atoms with Gasteiger partial charge in [0.15, 0.2) is 0 Å². The minimum atomic E-state index is 0.127. The molecule has 1 atom stereocenters. The lowest BCUT2D eigenvalue weighted by Crippen LogP contribution is -2.16. The number of nitrogens with two attached hydrogens (primary N) is 1. The number of nitrogens with zero attached hydrogens (tertiary/aromatic N) is 1. The number of hydrogen-bond acceptors (Lipinski definition) is 2. The van der Waals surface area contributed by atoms with E-state index in [1.807, 2.05) is 6.20 Å². The Morgan fingerprint density at radius 1 is 1.41 bits per heavy atom. The van der Waals surface area contributed by atoms with Gasteiger partial charge in [-0.1, -0.05) is 12.1 Å². The van der Waals surface area contributed by atoms with Crippen LogP contribution >= 0.6 is 0 Å². The van der Waals surface area contributed by atoms with Crippen molar-refractivity contribution in [2.75, 3.05) is 20.6 Å². The zero-order valence-electron chi connectivity index (χ0n) is 10.5. The molecular weight excluding hydrogens is 210 g/mol. The van der Waals surface area contributed by atoms with E-state index in [1.54, 1.807) is 0 Å². The normalized spacial score (nSPS) is 13.4. The molecular formula is C14H20N3. The van der Waals surface area contributed by atoms with E-state index in [9.17, 15) is 0 Å². The van der Waals surface area contributed by atoms with Gasteiger partial charge in [-0.15, -0.1) is 0 Å². The van der Waals surface area contributed by atoms with Crippen molar-refractivity contribution in [2.45, 2.75) is 18.9 Å². The molecule has 3 nitrogen and oxygen atoms in total. The molecule has 3 heteroatoms. The Balaban J connectivity index is 2.00. The maximum atomic E-state index is 6.20. The first-order chi connectivity index (χ1) is 8.16. The van der Waals surface area contributed by atoms with Crippen LogP contribution in [-0.2, 0) is 0 Å². The average molecular weight is 230 g/mol. The molecule has 3 N–H and O–H groups in total. The van der Waals surface area contributed by atoms with Gasteiger partial charge in [-0.25, -0.2) is 0 Å². The number of aromatic nitrogens is 1. The van der Waals surface area contributed by atoms with E-state index in [0.29, 0.717) is 0 Å². The fourth-order valence-electron chi connectivity index (χ4n) is 2.02. The third-order valence-corrected chi connectivity index (χ3v) is 3.05. The quantitative estimate of drug-likeness (QED) is 0.828. The van der Waals surface area contributed by atoms with Crippen molar-refractivity contribution in [3.05, 3.63) is 36.0 Å². The van der Waals surface area contributed by atoms with Crippen LogP contribution in [0.4, 0.5) is 0 Å². The summed E-state index contributed by atoms with van der Waals surface area (Å²) in [7, 11) is 4.18. The van der Waals surface area contributed by atoms with Crippen molar-refractivity contribution >= 4 is 10.9 Å². The van der Waals surface area contributed by atoms with Crippen molar-refractivity contribution < 1.29 is 0 Å². The summed E-state index contributed by atoms with van der Waals surface area (Å²) in [5.74, 6) is 0. The second kappa shape index (κ2) is 5.34. The van der Waals surface area contributed by atoms with Gasteiger partial charge in [-0.2, -0.15) is 0 Å².